The summed E-state index contributed by atoms with van der Waals surface area (Å²) < 4.78 is 8.24. The van der Waals surface area contributed by atoms with E-state index in [0.717, 1.165) is 49.3 Å². The summed E-state index contributed by atoms with van der Waals surface area (Å²) in [6.07, 6.45) is 4.38. The Labute approximate surface area is 189 Å². The number of carbonyl (C=O) groups excluding carboxylic acids is 1. The molecule has 1 saturated heterocycles. The molecule has 2 fully saturated rings. The van der Waals surface area contributed by atoms with Gasteiger partial charge in [0.25, 0.3) is 5.56 Å². The van der Waals surface area contributed by atoms with Crippen LogP contribution in [0.5, 0.6) is 0 Å². The van der Waals surface area contributed by atoms with Gasteiger partial charge in [-0.2, -0.15) is 0 Å². The van der Waals surface area contributed by atoms with E-state index in [2.05, 4.69) is 31.6 Å². The van der Waals surface area contributed by atoms with Gasteiger partial charge in [0.05, 0.1) is 18.9 Å². The minimum absolute atomic E-state index is 0.0301. The molecule has 0 radical (unpaired) electrons. The second-order valence-electron chi connectivity index (χ2n) is 8.43. The fraction of sp³-hybridized carbons (Fsp3) is 0.650. The molecule has 32 heavy (non-hydrogen) atoms. The fourth-order valence-corrected chi connectivity index (χ4v) is 4.78. The van der Waals surface area contributed by atoms with E-state index in [1.165, 1.54) is 18.9 Å². The first-order chi connectivity index (χ1) is 15.4. The molecule has 0 spiro atoms. The third-order valence-corrected chi connectivity index (χ3v) is 6.94. The highest BCUT2D eigenvalue weighted by Crippen LogP contribution is 2.41. The van der Waals surface area contributed by atoms with Crippen molar-refractivity contribution in [2.24, 2.45) is 5.92 Å². The van der Waals surface area contributed by atoms with Crippen molar-refractivity contribution in [2.45, 2.75) is 50.4 Å². The summed E-state index contributed by atoms with van der Waals surface area (Å²) in [7, 11) is 1.49. The maximum atomic E-state index is 12.9. The lowest BCUT2D eigenvalue weighted by Crippen LogP contribution is -2.37. The largest absolute Gasteiger partial charge is 0.384 e. The Hall–Kier alpha value is -2.60. The second-order valence-corrected chi connectivity index (χ2v) is 9.37. The average Bonchev–Trinajstić information content (AvgIpc) is 3.51. The monoisotopic (exact) mass is 463 g/mol. The SMILES string of the molecule is COCCn1c(N)c(C(=O)CSc2nnc(N3CCC(C)CC3)n2C2CC2)c(=O)[nH]c1=O. The lowest BCUT2D eigenvalue weighted by Gasteiger charge is -2.31. The molecular weight excluding hydrogens is 434 g/mol. The molecule has 174 valence electrons. The molecule has 2 aromatic heterocycles. The van der Waals surface area contributed by atoms with Gasteiger partial charge in [-0.1, -0.05) is 18.7 Å². The van der Waals surface area contributed by atoms with E-state index < -0.39 is 17.0 Å². The third kappa shape index (κ3) is 4.60. The molecule has 12 heteroatoms. The highest BCUT2D eigenvalue weighted by Gasteiger charge is 2.33. The molecule has 2 aromatic rings. The molecule has 3 N–H and O–H groups in total. The predicted octanol–water partition coefficient (Wildman–Crippen LogP) is 0.903. The molecule has 3 heterocycles. The zero-order valence-electron chi connectivity index (χ0n) is 18.4. The molecule has 1 aliphatic heterocycles. The Morgan fingerprint density at radius 2 is 1.94 bits per heavy atom. The maximum absolute atomic E-state index is 12.9. The number of aromatic amines is 1. The molecule has 1 saturated carbocycles. The molecule has 1 aliphatic carbocycles. The van der Waals surface area contributed by atoms with E-state index in [-0.39, 0.29) is 30.3 Å². The van der Waals surface area contributed by atoms with E-state index in [1.807, 2.05) is 0 Å². The number of methoxy groups -OCH3 is 1. The van der Waals surface area contributed by atoms with E-state index >= 15 is 0 Å². The zero-order valence-corrected chi connectivity index (χ0v) is 19.2. The summed E-state index contributed by atoms with van der Waals surface area (Å²) in [5.41, 5.74) is 4.36. The smallest absolute Gasteiger partial charge is 0.330 e. The van der Waals surface area contributed by atoms with E-state index in [4.69, 9.17) is 10.5 Å². The molecule has 11 nitrogen and oxygen atoms in total. The van der Waals surface area contributed by atoms with Crippen LogP contribution in [0.25, 0.3) is 0 Å². The first-order valence-electron chi connectivity index (χ1n) is 10.9. The third-order valence-electron chi connectivity index (χ3n) is 5.99. The number of hydrogen-bond acceptors (Lipinski definition) is 9. The summed E-state index contributed by atoms with van der Waals surface area (Å²) in [4.78, 5) is 41.7. The predicted molar refractivity (Wildman–Crippen MR) is 122 cm³/mol. The van der Waals surface area contributed by atoms with Gasteiger partial charge in [0.1, 0.15) is 11.4 Å². The molecule has 0 aromatic carbocycles. The van der Waals surface area contributed by atoms with Crippen molar-refractivity contribution in [2.75, 3.05) is 43.2 Å². The van der Waals surface area contributed by atoms with Gasteiger partial charge >= 0.3 is 5.69 Å². The summed E-state index contributed by atoms with van der Waals surface area (Å²) in [5, 5.41) is 9.44. The lowest BCUT2D eigenvalue weighted by atomic mass is 10.00. The van der Waals surface area contributed by atoms with Crippen LogP contribution in [0, 0.1) is 5.92 Å². The Balaban J connectivity index is 1.53. The van der Waals surface area contributed by atoms with Crippen molar-refractivity contribution < 1.29 is 9.53 Å². The molecule has 0 unspecified atom stereocenters. The number of carbonyl (C=O) groups is 1. The highest BCUT2D eigenvalue weighted by atomic mass is 32.2. The topological polar surface area (TPSA) is 141 Å². The zero-order chi connectivity index (χ0) is 22.8. The van der Waals surface area contributed by atoms with Gasteiger partial charge < -0.3 is 15.4 Å². The van der Waals surface area contributed by atoms with Crippen LogP contribution in [0.2, 0.25) is 0 Å². The van der Waals surface area contributed by atoms with Crippen molar-refractivity contribution in [3.8, 4) is 0 Å². The van der Waals surface area contributed by atoms with Crippen LogP contribution >= 0.6 is 11.8 Å². The number of nitrogens with two attached hydrogens (primary N) is 1. The molecule has 0 amide bonds. The molecule has 0 bridgehead atoms. The first-order valence-corrected chi connectivity index (χ1v) is 11.9. The van der Waals surface area contributed by atoms with Crippen LogP contribution in [-0.4, -0.2) is 62.7 Å². The number of rotatable bonds is 9. The maximum Gasteiger partial charge on any atom is 0.330 e. The van der Waals surface area contributed by atoms with Gasteiger partial charge in [-0.25, -0.2) is 4.79 Å². The number of ether oxygens (including phenoxy) is 1. The number of nitrogen functional groups attached to an aromatic ring is 1. The molecule has 4 rings (SSSR count). The van der Waals surface area contributed by atoms with E-state index in [9.17, 15) is 14.4 Å². The van der Waals surface area contributed by atoms with Crippen LogP contribution in [-0.2, 0) is 11.3 Å². The number of aromatic nitrogens is 5. The lowest BCUT2D eigenvalue weighted by molar-refractivity contribution is 0.102. The van der Waals surface area contributed by atoms with Crippen LogP contribution < -0.4 is 21.9 Å². The van der Waals surface area contributed by atoms with Crippen molar-refractivity contribution >= 4 is 29.3 Å². The van der Waals surface area contributed by atoms with Crippen LogP contribution in [0.1, 0.15) is 49.0 Å². The van der Waals surface area contributed by atoms with Crippen LogP contribution in [0.15, 0.2) is 14.7 Å². The van der Waals surface area contributed by atoms with Gasteiger partial charge in [0.15, 0.2) is 10.9 Å². The molecule has 0 atom stereocenters. The van der Waals surface area contributed by atoms with Crippen molar-refractivity contribution in [1.29, 1.82) is 0 Å². The number of piperidine rings is 1. The highest BCUT2D eigenvalue weighted by molar-refractivity contribution is 7.99. The number of Topliss-reactive ketones (excluding diaryl/α,β-unsaturated/α-hetero) is 1. The van der Waals surface area contributed by atoms with E-state index in [1.54, 1.807) is 0 Å². The van der Waals surface area contributed by atoms with Crippen LogP contribution in [0.3, 0.4) is 0 Å². The van der Waals surface area contributed by atoms with Crippen molar-refractivity contribution in [3.05, 3.63) is 26.4 Å². The minimum Gasteiger partial charge on any atom is -0.384 e. The quantitative estimate of drug-likeness (QED) is 0.410. The number of nitrogens with zero attached hydrogens (tertiary/aromatic N) is 5. The Morgan fingerprint density at radius 3 is 2.59 bits per heavy atom. The molecule has 2 aliphatic rings. The average molecular weight is 464 g/mol. The summed E-state index contributed by atoms with van der Waals surface area (Å²) >= 11 is 1.24. The minimum atomic E-state index is -0.779. The number of hydrogen-bond donors (Lipinski definition) is 2. The normalized spacial score (nSPS) is 17.1. The summed E-state index contributed by atoms with van der Waals surface area (Å²) in [5.74, 6) is 0.940. The van der Waals surface area contributed by atoms with Crippen molar-refractivity contribution in [1.82, 2.24) is 24.3 Å². The summed E-state index contributed by atoms with van der Waals surface area (Å²) in [6, 6.07) is 0.348. The van der Waals surface area contributed by atoms with E-state index in [0.29, 0.717) is 17.1 Å². The van der Waals surface area contributed by atoms with Crippen molar-refractivity contribution in [3.63, 3.8) is 0 Å². The number of nitrogens with one attached hydrogen (secondary N) is 1. The number of ketones is 1. The fourth-order valence-electron chi connectivity index (χ4n) is 3.91. The number of thioether (sulfide) groups is 1. The number of H-pyrrole nitrogens is 1. The van der Waals surface area contributed by atoms with Crippen LogP contribution in [0.4, 0.5) is 11.8 Å². The Kier molecular flexibility index (Phi) is 6.70. The second kappa shape index (κ2) is 9.49. The number of anilines is 2. The van der Waals surface area contributed by atoms with Gasteiger partial charge in [0, 0.05) is 26.2 Å². The van der Waals surface area contributed by atoms with Gasteiger partial charge in [-0.05, 0) is 31.6 Å². The molecular formula is C20H29N7O4S. The Bertz CT molecular complexity index is 1100. The first kappa shape index (κ1) is 22.6. The van der Waals surface area contributed by atoms with Gasteiger partial charge in [-0.3, -0.25) is 23.7 Å². The standard InChI is InChI=1S/C20H29N7O4S/c1-12-5-7-25(8-6-12)18-23-24-20(27(18)13-3-4-13)32-11-14(28)15-16(21)26(9-10-31-2)19(30)22-17(15)29/h12-13H,3-11,21H2,1-2H3,(H,22,29,30). The van der Waals surface area contributed by atoms with Gasteiger partial charge in [0.2, 0.25) is 5.95 Å². The Morgan fingerprint density at radius 1 is 1.22 bits per heavy atom. The van der Waals surface area contributed by atoms with Gasteiger partial charge in [-0.15, -0.1) is 10.2 Å². The summed E-state index contributed by atoms with van der Waals surface area (Å²) in [6.45, 7) is 4.52.